The summed E-state index contributed by atoms with van der Waals surface area (Å²) in [5.41, 5.74) is 2.69. The van der Waals surface area contributed by atoms with Crippen LogP contribution in [0.15, 0.2) is 85.5 Å². The molecule has 11 heteroatoms. The minimum atomic E-state index is -0.976. The molecule has 3 heterocycles. The van der Waals surface area contributed by atoms with Gasteiger partial charge < -0.3 is 14.6 Å². The van der Waals surface area contributed by atoms with E-state index in [1.54, 1.807) is 35.8 Å². The Labute approximate surface area is 258 Å². The minimum absolute atomic E-state index is 0.218. The maximum atomic E-state index is 13.8. The molecule has 0 saturated heterocycles. The molecule has 1 N–H and O–H groups in total. The van der Waals surface area contributed by atoms with E-state index in [0.717, 1.165) is 22.4 Å². The lowest BCUT2D eigenvalue weighted by atomic mass is 9.99. The fourth-order valence-corrected chi connectivity index (χ4v) is 6.97. The van der Waals surface area contributed by atoms with E-state index in [-0.39, 0.29) is 24.3 Å². The number of carbonyl (C=O) groups is 2. The van der Waals surface area contributed by atoms with Gasteiger partial charge in [0.15, 0.2) is 4.80 Å². The van der Waals surface area contributed by atoms with Gasteiger partial charge in [-0.25, -0.2) is 14.6 Å². The number of aromatic carboxylic acids is 1. The quantitative estimate of drug-likeness (QED) is 0.218. The number of rotatable bonds is 10. The fourth-order valence-electron chi connectivity index (χ4n) is 4.62. The maximum absolute atomic E-state index is 13.8. The van der Waals surface area contributed by atoms with Gasteiger partial charge in [-0.2, -0.15) is 0 Å². The zero-order chi connectivity index (χ0) is 29.8. The minimum Gasteiger partial charge on any atom is -0.488 e. The van der Waals surface area contributed by atoms with Crippen LogP contribution >= 0.6 is 38.6 Å². The highest BCUT2D eigenvalue weighted by molar-refractivity contribution is 9.10. The fraction of sp³-hybridized carbons (Fsp3) is 0.226. The summed E-state index contributed by atoms with van der Waals surface area (Å²) in [5.74, 6) is -0.817. The van der Waals surface area contributed by atoms with Crippen LogP contribution in [0.1, 0.15) is 59.1 Å². The van der Waals surface area contributed by atoms with Crippen LogP contribution in [0.5, 0.6) is 5.75 Å². The molecule has 1 aliphatic heterocycles. The number of fused-ring (bicyclic) bond motifs is 1. The Balaban J connectivity index is 1.48. The number of hydrogen-bond donors (Lipinski definition) is 1. The van der Waals surface area contributed by atoms with E-state index in [2.05, 4.69) is 15.9 Å². The van der Waals surface area contributed by atoms with Crippen molar-refractivity contribution in [1.82, 2.24) is 4.57 Å². The van der Waals surface area contributed by atoms with E-state index in [0.29, 0.717) is 37.2 Å². The number of aromatic nitrogens is 1. The number of thiazole rings is 1. The van der Waals surface area contributed by atoms with Gasteiger partial charge in [0, 0.05) is 4.88 Å². The second-order valence-electron chi connectivity index (χ2n) is 9.41. The molecule has 2 aromatic heterocycles. The molecule has 0 aliphatic carbocycles. The summed E-state index contributed by atoms with van der Waals surface area (Å²) < 4.78 is 14.2. The first-order chi connectivity index (χ1) is 20.3. The second-order valence-corrected chi connectivity index (χ2v) is 12.3. The van der Waals surface area contributed by atoms with Crippen molar-refractivity contribution in [3.05, 3.63) is 117 Å². The third-order valence-electron chi connectivity index (χ3n) is 6.55. The van der Waals surface area contributed by atoms with Crippen LogP contribution in [0.25, 0.3) is 6.08 Å². The monoisotopic (exact) mass is 666 g/mol. The van der Waals surface area contributed by atoms with Gasteiger partial charge >= 0.3 is 11.9 Å². The molecule has 216 valence electrons. The first kappa shape index (κ1) is 29.7. The number of carboxylic acid groups (broad SMARTS) is 1. The van der Waals surface area contributed by atoms with Crippen molar-refractivity contribution in [2.45, 2.75) is 39.3 Å². The Bertz CT molecular complexity index is 1840. The normalized spacial score (nSPS) is 14.8. The molecule has 1 atom stereocenters. The van der Waals surface area contributed by atoms with E-state index in [4.69, 9.17) is 19.6 Å². The molecular weight excluding hydrogens is 640 g/mol. The van der Waals surface area contributed by atoms with Gasteiger partial charge in [0.2, 0.25) is 0 Å². The molecule has 0 bridgehead atoms. The molecule has 0 fully saturated rings. The van der Waals surface area contributed by atoms with E-state index >= 15 is 0 Å². The van der Waals surface area contributed by atoms with Crippen molar-refractivity contribution in [2.24, 2.45) is 4.99 Å². The Morgan fingerprint density at radius 2 is 1.93 bits per heavy atom. The molecule has 2 aromatic carbocycles. The highest BCUT2D eigenvalue weighted by Crippen LogP contribution is 2.34. The maximum Gasteiger partial charge on any atom is 0.338 e. The third-order valence-corrected chi connectivity index (χ3v) is 9.08. The van der Waals surface area contributed by atoms with E-state index < -0.39 is 18.0 Å². The lowest BCUT2D eigenvalue weighted by molar-refractivity contribution is -0.139. The molecule has 0 amide bonds. The summed E-state index contributed by atoms with van der Waals surface area (Å²) in [6.07, 6.45) is 3.20. The average molecular weight is 668 g/mol. The summed E-state index contributed by atoms with van der Waals surface area (Å²) in [4.78, 5) is 44.3. The molecule has 8 nitrogen and oxygen atoms in total. The predicted octanol–water partition coefficient (Wildman–Crippen LogP) is 5.68. The summed E-state index contributed by atoms with van der Waals surface area (Å²) in [5, 5.41) is 11.0. The Morgan fingerprint density at radius 3 is 2.57 bits per heavy atom. The number of allylic oxidation sites excluding steroid dienone is 1. The van der Waals surface area contributed by atoms with Gasteiger partial charge in [0.1, 0.15) is 18.4 Å². The summed E-state index contributed by atoms with van der Waals surface area (Å²) in [7, 11) is 0. The SMILES string of the molecule is CCCC1=C(C(=O)OCC)[C@@H](c2cccs2)n2c(s/c(=C/c3ccc(OCc4ccc(C(=O)O)cc4)c(Br)c3)c2=O)=N1. The van der Waals surface area contributed by atoms with Gasteiger partial charge in [-0.05, 0) is 82.2 Å². The van der Waals surface area contributed by atoms with Crippen molar-refractivity contribution >= 4 is 56.6 Å². The number of thiophene rings is 1. The zero-order valence-corrected chi connectivity index (χ0v) is 26.1. The van der Waals surface area contributed by atoms with Crippen molar-refractivity contribution in [1.29, 1.82) is 0 Å². The summed E-state index contributed by atoms with van der Waals surface area (Å²) in [6.45, 7) is 4.29. The number of carboxylic acids is 1. The highest BCUT2D eigenvalue weighted by atomic mass is 79.9. The van der Waals surface area contributed by atoms with E-state index in [1.807, 2.05) is 48.7 Å². The molecular formula is C31H27BrN2O6S2. The standard InChI is InChI=1S/C31H27BrN2O6S2/c1-3-6-22-26(30(38)39-4-2)27(24-7-5-14-41-24)34-28(35)25(42-31(34)33-22)16-19-10-13-23(21(32)15-19)40-17-18-8-11-20(12-9-18)29(36)37/h5,7-16,27H,3-4,6,17H2,1-2H3,(H,36,37)/b25-16+/t27-/m1/s1. The van der Waals surface area contributed by atoms with Crippen molar-refractivity contribution in [2.75, 3.05) is 6.61 Å². The van der Waals surface area contributed by atoms with Gasteiger partial charge in [-0.1, -0.05) is 48.9 Å². The van der Waals surface area contributed by atoms with Crippen LogP contribution in [0.3, 0.4) is 0 Å². The Hall–Kier alpha value is -3.80. The van der Waals surface area contributed by atoms with Gasteiger partial charge in [-0.15, -0.1) is 11.3 Å². The van der Waals surface area contributed by atoms with Crippen LogP contribution in [0.2, 0.25) is 0 Å². The molecule has 0 unspecified atom stereocenters. The smallest absolute Gasteiger partial charge is 0.338 e. The number of hydrogen-bond acceptors (Lipinski definition) is 8. The van der Waals surface area contributed by atoms with Crippen LogP contribution in [-0.2, 0) is 16.1 Å². The second kappa shape index (κ2) is 13.0. The van der Waals surface area contributed by atoms with E-state index in [9.17, 15) is 14.4 Å². The number of benzene rings is 2. The molecule has 1 aliphatic rings. The molecule has 42 heavy (non-hydrogen) atoms. The molecule has 4 aromatic rings. The molecule has 5 rings (SSSR count). The van der Waals surface area contributed by atoms with Crippen LogP contribution in [0.4, 0.5) is 0 Å². The molecule has 0 radical (unpaired) electrons. The van der Waals surface area contributed by atoms with Crippen LogP contribution in [0, 0.1) is 0 Å². The zero-order valence-electron chi connectivity index (χ0n) is 22.8. The molecule has 0 saturated carbocycles. The number of nitrogens with zero attached hydrogens (tertiary/aromatic N) is 2. The Kier molecular flexibility index (Phi) is 9.20. The third kappa shape index (κ3) is 6.18. The van der Waals surface area contributed by atoms with Gasteiger partial charge in [0.25, 0.3) is 5.56 Å². The van der Waals surface area contributed by atoms with E-state index in [1.165, 1.54) is 22.7 Å². The van der Waals surface area contributed by atoms with Crippen LogP contribution < -0.4 is 19.6 Å². The van der Waals surface area contributed by atoms with Gasteiger partial charge in [-0.3, -0.25) is 9.36 Å². The average Bonchev–Trinajstić information content (AvgIpc) is 3.61. The lowest BCUT2D eigenvalue weighted by Crippen LogP contribution is -2.39. The first-order valence-corrected chi connectivity index (χ1v) is 15.8. The number of ether oxygens (including phenoxy) is 2. The largest absolute Gasteiger partial charge is 0.488 e. The topological polar surface area (TPSA) is 107 Å². The number of carbonyl (C=O) groups excluding carboxylic acids is 1. The molecule has 0 spiro atoms. The van der Waals surface area contributed by atoms with Gasteiger partial charge in [0.05, 0.1) is 32.4 Å². The van der Waals surface area contributed by atoms with Crippen LogP contribution in [-0.4, -0.2) is 28.2 Å². The summed E-state index contributed by atoms with van der Waals surface area (Å²) >= 11 is 6.34. The number of halogens is 1. The lowest BCUT2D eigenvalue weighted by Gasteiger charge is -2.24. The van der Waals surface area contributed by atoms with Crippen molar-refractivity contribution < 1.29 is 24.2 Å². The first-order valence-electron chi connectivity index (χ1n) is 13.3. The van der Waals surface area contributed by atoms with Crippen molar-refractivity contribution in [3.63, 3.8) is 0 Å². The van der Waals surface area contributed by atoms with Crippen molar-refractivity contribution in [3.8, 4) is 5.75 Å². The highest BCUT2D eigenvalue weighted by Gasteiger charge is 2.34. The predicted molar refractivity (Wildman–Crippen MR) is 166 cm³/mol. The summed E-state index contributed by atoms with van der Waals surface area (Å²) in [6, 6.07) is 15.3. The Morgan fingerprint density at radius 1 is 1.14 bits per heavy atom. The number of esters is 1.